The maximum Gasteiger partial charge on any atom is 0.330 e. The normalized spacial score (nSPS) is 45.0. The van der Waals surface area contributed by atoms with E-state index in [0.717, 1.165) is 31.3 Å². The molecule has 0 aromatic rings. The molecular formula is C22H27BrO4. The molecule has 0 bridgehead atoms. The van der Waals surface area contributed by atoms with Crippen LogP contribution in [0.3, 0.4) is 0 Å². The van der Waals surface area contributed by atoms with Gasteiger partial charge < -0.3 is 4.74 Å². The lowest BCUT2D eigenvalue weighted by Crippen LogP contribution is -2.55. The minimum Gasteiger partial charge on any atom is -0.466 e. The number of allylic oxidation sites excluding steroid dienone is 2. The van der Waals surface area contributed by atoms with Crippen molar-refractivity contribution in [2.24, 2.45) is 28.6 Å². The second-order valence-electron chi connectivity index (χ2n) is 9.24. The second-order valence-corrected chi connectivity index (χ2v) is 10.3. The number of esters is 1. The average Bonchev–Trinajstić information content (AvgIpc) is 2.91. The molecule has 0 saturated heterocycles. The van der Waals surface area contributed by atoms with E-state index in [4.69, 9.17) is 4.74 Å². The molecule has 0 unspecified atom stereocenters. The number of ether oxygens (including phenoxy) is 1. The third-order valence-corrected chi connectivity index (χ3v) is 8.77. The summed E-state index contributed by atoms with van der Waals surface area (Å²) >= 11 is 3.53. The minimum absolute atomic E-state index is 0.0128. The fourth-order valence-electron chi connectivity index (χ4n) is 6.70. The summed E-state index contributed by atoms with van der Waals surface area (Å²) in [6.45, 7) is 4.36. The van der Waals surface area contributed by atoms with Crippen molar-refractivity contribution in [3.63, 3.8) is 0 Å². The molecule has 6 atom stereocenters. The van der Waals surface area contributed by atoms with Crippen LogP contribution >= 0.6 is 15.9 Å². The fraction of sp³-hybridized carbons (Fsp3) is 0.682. The highest BCUT2D eigenvalue weighted by Gasteiger charge is 2.61. The van der Waals surface area contributed by atoms with Crippen LogP contribution in [0.25, 0.3) is 0 Å². The predicted octanol–water partition coefficient (Wildman–Crippen LogP) is 4.17. The molecule has 27 heavy (non-hydrogen) atoms. The zero-order valence-electron chi connectivity index (χ0n) is 16.2. The van der Waals surface area contributed by atoms with Crippen LogP contribution in [0, 0.1) is 28.6 Å². The monoisotopic (exact) mass is 434 g/mol. The number of carbonyl (C=O) groups is 3. The fourth-order valence-corrected chi connectivity index (χ4v) is 7.50. The summed E-state index contributed by atoms with van der Waals surface area (Å²) in [7, 11) is 1.40. The highest BCUT2D eigenvalue weighted by molar-refractivity contribution is 9.10. The van der Waals surface area contributed by atoms with E-state index in [1.165, 1.54) is 12.7 Å². The SMILES string of the molecule is COC(=O)/C=C1/CC[C@@H]2[C@@H]3CCC4=CC(=O)[C@H](Br)C[C@]4(C)[C@@H]3C(=O)C[C@@]12C. The van der Waals surface area contributed by atoms with Crippen molar-refractivity contribution in [3.05, 3.63) is 23.3 Å². The first-order valence-corrected chi connectivity index (χ1v) is 10.8. The number of rotatable bonds is 1. The largest absolute Gasteiger partial charge is 0.466 e. The van der Waals surface area contributed by atoms with Gasteiger partial charge in [0.1, 0.15) is 5.78 Å². The summed E-state index contributed by atoms with van der Waals surface area (Å²) < 4.78 is 4.83. The predicted molar refractivity (Wildman–Crippen MR) is 105 cm³/mol. The Balaban J connectivity index is 1.72. The molecule has 0 aromatic heterocycles. The molecule has 146 valence electrons. The van der Waals surface area contributed by atoms with Crippen LogP contribution in [0.5, 0.6) is 0 Å². The van der Waals surface area contributed by atoms with Gasteiger partial charge in [0.05, 0.1) is 11.9 Å². The highest BCUT2D eigenvalue weighted by Crippen LogP contribution is 2.65. The smallest absolute Gasteiger partial charge is 0.330 e. The molecule has 5 heteroatoms. The van der Waals surface area contributed by atoms with Crippen molar-refractivity contribution in [1.29, 1.82) is 0 Å². The van der Waals surface area contributed by atoms with Gasteiger partial charge in [-0.25, -0.2) is 4.79 Å². The summed E-state index contributed by atoms with van der Waals surface area (Å²) in [5.74, 6) is 0.851. The van der Waals surface area contributed by atoms with E-state index in [-0.39, 0.29) is 33.3 Å². The number of ketones is 2. The molecule has 0 aliphatic heterocycles. The lowest BCUT2D eigenvalue weighted by molar-refractivity contribution is -0.142. The van der Waals surface area contributed by atoms with Crippen LogP contribution in [0.15, 0.2) is 23.3 Å². The number of Topliss-reactive ketones (excluding diaryl/α,β-unsaturated/α-hetero) is 1. The van der Waals surface area contributed by atoms with E-state index in [0.29, 0.717) is 30.5 Å². The number of hydrogen-bond acceptors (Lipinski definition) is 4. The summed E-state index contributed by atoms with van der Waals surface area (Å²) in [4.78, 5) is 37.3. The second kappa shape index (κ2) is 6.40. The van der Waals surface area contributed by atoms with E-state index in [9.17, 15) is 14.4 Å². The molecule has 4 rings (SSSR count). The first kappa shape index (κ1) is 19.1. The van der Waals surface area contributed by atoms with Gasteiger partial charge in [-0.05, 0) is 55.4 Å². The van der Waals surface area contributed by atoms with Gasteiger partial charge in [0, 0.05) is 23.8 Å². The Morgan fingerprint density at radius 2 is 1.96 bits per heavy atom. The Hall–Kier alpha value is -1.23. The van der Waals surface area contributed by atoms with Crippen LogP contribution in [-0.4, -0.2) is 29.5 Å². The molecule has 4 aliphatic carbocycles. The van der Waals surface area contributed by atoms with E-state index in [1.54, 1.807) is 12.2 Å². The third kappa shape index (κ3) is 2.72. The number of halogens is 1. The lowest BCUT2D eigenvalue weighted by Gasteiger charge is -2.56. The van der Waals surface area contributed by atoms with Crippen LogP contribution in [-0.2, 0) is 19.1 Å². The molecular weight excluding hydrogens is 408 g/mol. The molecule has 0 amide bonds. The summed E-state index contributed by atoms with van der Waals surface area (Å²) in [5.41, 5.74) is 1.79. The molecule has 3 saturated carbocycles. The molecule has 0 aromatic carbocycles. The number of alkyl halides is 1. The molecule has 3 fully saturated rings. The van der Waals surface area contributed by atoms with Crippen LogP contribution in [0.4, 0.5) is 0 Å². The topological polar surface area (TPSA) is 60.4 Å². The van der Waals surface area contributed by atoms with E-state index < -0.39 is 0 Å². The zero-order chi connectivity index (χ0) is 19.6. The number of hydrogen-bond donors (Lipinski definition) is 0. The summed E-state index contributed by atoms with van der Waals surface area (Å²) in [6, 6.07) is 0. The van der Waals surface area contributed by atoms with Gasteiger partial charge in [0.2, 0.25) is 0 Å². The summed E-state index contributed by atoms with van der Waals surface area (Å²) in [6.07, 6.45) is 8.38. The molecule has 0 heterocycles. The first-order valence-electron chi connectivity index (χ1n) is 9.91. The van der Waals surface area contributed by atoms with Gasteiger partial charge >= 0.3 is 5.97 Å². The molecule has 4 aliphatic rings. The Labute approximate surface area is 168 Å². The van der Waals surface area contributed by atoms with Gasteiger partial charge in [-0.1, -0.05) is 40.9 Å². The van der Waals surface area contributed by atoms with Crippen molar-refractivity contribution in [2.75, 3.05) is 7.11 Å². The molecule has 0 N–H and O–H groups in total. The van der Waals surface area contributed by atoms with E-state index in [2.05, 4.69) is 29.8 Å². The van der Waals surface area contributed by atoms with Crippen molar-refractivity contribution in [1.82, 2.24) is 0 Å². The van der Waals surface area contributed by atoms with E-state index >= 15 is 0 Å². The van der Waals surface area contributed by atoms with Crippen molar-refractivity contribution in [3.8, 4) is 0 Å². The van der Waals surface area contributed by atoms with Crippen LogP contribution < -0.4 is 0 Å². The molecule has 0 spiro atoms. The lowest BCUT2D eigenvalue weighted by atomic mass is 9.47. The quantitative estimate of drug-likeness (QED) is 0.353. The standard InChI is InChI=1S/C22H27BrO4/c1-21-11-18(25)20-14(15(21)7-5-13(21)9-19(26)27-3)6-4-12-8-17(24)16(23)10-22(12,20)2/h8-9,14-16,20H,4-7,10-11H2,1-3H3/b13-9-/t14-,15+,16+,20-,21-,22-/m0/s1. The molecule has 4 nitrogen and oxygen atoms in total. The van der Waals surface area contributed by atoms with E-state index in [1.807, 2.05) is 0 Å². The van der Waals surface area contributed by atoms with Crippen molar-refractivity contribution in [2.45, 2.75) is 57.2 Å². The number of fused-ring (bicyclic) bond motifs is 5. The first-order chi connectivity index (χ1) is 12.7. The summed E-state index contributed by atoms with van der Waals surface area (Å²) in [5, 5.41) is 0. The maximum absolute atomic E-state index is 13.5. The van der Waals surface area contributed by atoms with Gasteiger partial charge in [-0.3, -0.25) is 9.59 Å². The zero-order valence-corrected chi connectivity index (χ0v) is 17.8. The minimum atomic E-state index is -0.324. The Kier molecular flexibility index (Phi) is 4.53. The van der Waals surface area contributed by atoms with Gasteiger partial charge in [0.25, 0.3) is 0 Å². The third-order valence-electron chi connectivity index (χ3n) is 8.00. The van der Waals surface area contributed by atoms with Gasteiger partial charge in [0.15, 0.2) is 5.78 Å². The number of methoxy groups -OCH3 is 1. The van der Waals surface area contributed by atoms with Crippen LogP contribution in [0.2, 0.25) is 0 Å². The van der Waals surface area contributed by atoms with Crippen molar-refractivity contribution < 1.29 is 19.1 Å². The van der Waals surface area contributed by atoms with Crippen molar-refractivity contribution >= 4 is 33.5 Å². The maximum atomic E-state index is 13.5. The van der Waals surface area contributed by atoms with Crippen LogP contribution in [0.1, 0.15) is 52.4 Å². The Morgan fingerprint density at radius 3 is 2.67 bits per heavy atom. The molecule has 0 radical (unpaired) electrons. The Morgan fingerprint density at radius 1 is 1.22 bits per heavy atom. The van der Waals surface area contributed by atoms with Gasteiger partial charge in [-0.2, -0.15) is 0 Å². The Bertz CT molecular complexity index is 781. The average molecular weight is 435 g/mol. The highest BCUT2D eigenvalue weighted by atomic mass is 79.9. The number of carbonyl (C=O) groups excluding carboxylic acids is 3. The van der Waals surface area contributed by atoms with Gasteiger partial charge in [-0.15, -0.1) is 0 Å².